The van der Waals surface area contributed by atoms with Crippen molar-refractivity contribution in [2.75, 3.05) is 33.0 Å². The minimum Gasteiger partial charge on any atom is -0.454 e. The van der Waals surface area contributed by atoms with Crippen molar-refractivity contribution in [3.63, 3.8) is 0 Å². The molecular weight excluding hydrogens is 260 g/mol. The number of amides is 1. The normalized spacial score (nSPS) is 20.7. The monoisotopic (exact) mass is 278 g/mol. The van der Waals surface area contributed by atoms with Crippen LogP contribution in [0.1, 0.15) is 5.56 Å². The lowest BCUT2D eigenvalue weighted by atomic mass is 10.1. The van der Waals surface area contributed by atoms with Crippen LogP contribution in [0.2, 0.25) is 0 Å². The largest absolute Gasteiger partial charge is 0.454 e. The molecule has 1 fully saturated rings. The van der Waals surface area contributed by atoms with E-state index >= 15 is 0 Å². The van der Waals surface area contributed by atoms with Crippen molar-refractivity contribution in [2.24, 2.45) is 0 Å². The third kappa shape index (κ3) is 3.02. The number of carbonyl (C=O) groups excluding carboxylic acids is 1. The minimum absolute atomic E-state index is 0.0575. The van der Waals surface area contributed by atoms with Gasteiger partial charge in [0.05, 0.1) is 6.61 Å². The quantitative estimate of drug-likeness (QED) is 0.815. The van der Waals surface area contributed by atoms with Crippen LogP contribution in [-0.4, -0.2) is 45.0 Å². The molecule has 0 spiro atoms. The molecule has 108 valence electrons. The number of fused-ring (bicyclic) bond motifs is 1. The second-order valence-electron chi connectivity index (χ2n) is 4.79. The average molecular weight is 278 g/mol. The molecule has 6 heteroatoms. The first-order chi connectivity index (χ1) is 9.83. The summed E-state index contributed by atoms with van der Waals surface area (Å²) in [6.45, 7) is 2.83. The van der Waals surface area contributed by atoms with E-state index in [2.05, 4.69) is 10.6 Å². The van der Waals surface area contributed by atoms with Crippen LogP contribution < -0.4 is 20.1 Å². The van der Waals surface area contributed by atoms with Gasteiger partial charge in [-0.3, -0.25) is 4.79 Å². The zero-order valence-corrected chi connectivity index (χ0v) is 11.2. The smallest absolute Gasteiger partial charge is 0.250 e. The highest BCUT2D eigenvalue weighted by Gasteiger charge is 2.21. The molecule has 2 aliphatic heterocycles. The topological polar surface area (TPSA) is 68.8 Å². The lowest BCUT2D eigenvalue weighted by molar-refractivity contribution is -0.134. The fourth-order valence-electron chi connectivity index (χ4n) is 2.27. The Morgan fingerprint density at radius 2 is 2.25 bits per heavy atom. The van der Waals surface area contributed by atoms with E-state index in [-0.39, 0.29) is 18.8 Å². The molecule has 1 aromatic rings. The third-order valence-corrected chi connectivity index (χ3v) is 3.37. The van der Waals surface area contributed by atoms with Crippen LogP contribution in [0.5, 0.6) is 11.5 Å². The third-order valence-electron chi connectivity index (χ3n) is 3.37. The number of ether oxygens (including phenoxy) is 3. The molecule has 0 saturated carbocycles. The van der Waals surface area contributed by atoms with Gasteiger partial charge in [-0.05, 0) is 24.1 Å². The molecule has 3 rings (SSSR count). The van der Waals surface area contributed by atoms with E-state index in [0.29, 0.717) is 19.7 Å². The maximum Gasteiger partial charge on any atom is 0.250 e. The molecule has 1 amide bonds. The van der Waals surface area contributed by atoms with Gasteiger partial charge in [0.25, 0.3) is 0 Å². The standard InChI is InChI=1S/C14H18N2O4/c17-14(13-8-15-5-6-18-13)16-4-3-10-1-2-11-12(7-10)20-9-19-11/h1-2,7,13,15H,3-6,8-9H2,(H,16,17)/t13-/m1/s1. The molecule has 6 nitrogen and oxygen atoms in total. The van der Waals surface area contributed by atoms with Gasteiger partial charge in [-0.25, -0.2) is 0 Å². The second-order valence-corrected chi connectivity index (χ2v) is 4.79. The summed E-state index contributed by atoms with van der Waals surface area (Å²) in [5, 5.41) is 6.03. The Bertz CT molecular complexity index is 486. The van der Waals surface area contributed by atoms with Crippen LogP contribution in [0.25, 0.3) is 0 Å². The molecule has 2 N–H and O–H groups in total. The summed E-state index contributed by atoms with van der Waals surface area (Å²) in [4.78, 5) is 11.9. The maximum absolute atomic E-state index is 11.9. The van der Waals surface area contributed by atoms with Crippen molar-refractivity contribution >= 4 is 5.91 Å². The number of hydrogen-bond donors (Lipinski definition) is 2. The van der Waals surface area contributed by atoms with Crippen LogP contribution >= 0.6 is 0 Å². The van der Waals surface area contributed by atoms with Crippen molar-refractivity contribution < 1.29 is 19.0 Å². The van der Waals surface area contributed by atoms with Gasteiger partial charge in [0, 0.05) is 19.6 Å². The zero-order valence-electron chi connectivity index (χ0n) is 11.2. The maximum atomic E-state index is 11.9. The summed E-state index contributed by atoms with van der Waals surface area (Å²) >= 11 is 0. The number of rotatable bonds is 4. The molecule has 2 aliphatic rings. The first-order valence-corrected chi connectivity index (χ1v) is 6.81. The summed E-state index contributed by atoms with van der Waals surface area (Å²) in [5.74, 6) is 1.49. The highest BCUT2D eigenvalue weighted by atomic mass is 16.7. The first kappa shape index (κ1) is 13.2. The fourth-order valence-corrected chi connectivity index (χ4v) is 2.27. The van der Waals surface area contributed by atoms with E-state index in [4.69, 9.17) is 14.2 Å². The molecule has 1 atom stereocenters. The molecule has 0 aliphatic carbocycles. The summed E-state index contributed by atoms with van der Waals surface area (Å²) in [5.41, 5.74) is 1.11. The molecule has 20 heavy (non-hydrogen) atoms. The van der Waals surface area contributed by atoms with Gasteiger partial charge in [-0.2, -0.15) is 0 Å². The Kier molecular flexibility index (Phi) is 4.03. The summed E-state index contributed by atoms with van der Waals surface area (Å²) in [7, 11) is 0. The van der Waals surface area contributed by atoms with E-state index in [9.17, 15) is 4.79 Å². The molecular formula is C14H18N2O4. The molecule has 0 aromatic heterocycles. The van der Waals surface area contributed by atoms with E-state index in [1.54, 1.807) is 0 Å². The number of benzene rings is 1. The van der Waals surface area contributed by atoms with Crippen molar-refractivity contribution in [3.8, 4) is 11.5 Å². The van der Waals surface area contributed by atoms with Gasteiger partial charge >= 0.3 is 0 Å². The van der Waals surface area contributed by atoms with Crippen molar-refractivity contribution in [3.05, 3.63) is 23.8 Å². The number of carbonyl (C=O) groups is 1. The van der Waals surface area contributed by atoms with Crippen molar-refractivity contribution in [1.29, 1.82) is 0 Å². The predicted octanol–water partition coefficient (Wildman–Crippen LogP) is 0.0624. The Hall–Kier alpha value is -1.79. The van der Waals surface area contributed by atoms with Crippen LogP contribution in [0.3, 0.4) is 0 Å². The Labute approximate surface area is 117 Å². The van der Waals surface area contributed by atoms with E-state index < -0.39 is 0 Å². The van der Waals surface area contributed by atoms with Crippen LogP contribution in [-0.2, 0) is 16.0 Å². The van der Waals surface area contributed by atoms with Crippen LogP contribution in [0, 0.1) is 0 Å². The molecule has 1 saturated heterocycles. The summed E-state index contributed by atoms with van der Waals surface area (Å²) in [6, 6.07) is 5.83. The van der Waals surface area contributed by atoms with Crippen LogP contribution in [0.4, 0.5) is 0 Å². The van der Waals surface area contributed by atoms with Gasteiger partial charge in [0.2, 0.25) is 12.7 Å². The van der Waals surface area contributed by atoms with E-state index in [1.807, 2.05) is 18.2 Å². The van der Waals surface area contributed by atoms with E-state index in [0.717, 1.165) is 30.0 Å². The Morgan fingerprint density at radius 3 is 3.10 bits per heavy atom. The second kappa shape index (κ2) is 6.11. The average Bonchev–Trinajstić information content (AvgIpc) is 2.95. The SMILES string of the molecule is O=C(NCCc1ccc2c(c1)OCO2)[C@H]1CNCCO1. The first-order valence-electron chi connectivity index (χ1n) is 6.81. The highest BCUT2D eigenvalue weighted by Crippen LogP contribution is 2.32. The van der Waals surface area contributed by atoms with Gasteiger partial charge < -0.3 is 24.8 Å². The van der Waals surface area contributed by atoms with Gasteiger partial charge in [-0.1, -0.05) is 6.07 Å². The predicted molar refractivity (Wildman–Crippen MR) is 71.9 cm³/mol. The molecule has 2 heterocycles. The van der Waals surface area contributed by atoms with Crippen molar-refractivity contribution in [1.82, 2.24) is 10.6 Å². The number of nitrogens with one attached hydrogen (secondary N) is 2. The fraction of sp³-hybridized carbons (Fsp3) is 0.500. The van der Waals surface area contributed by atoms with Crippen molar-refractivity contribution in [2.45, 2.75) is 12.5 Å². The molecule has 0 bridgehead atoms. The zero-order chi connectivity index (χ0) is 13.8. The Balaban J connectivity index is 1.46. The van der Waals surface area contributed by atoms with E-state index in [1.165, 1.54) is 0 Å². The summed E-state index contributed by atoms with van der Waals surface area (Å²) in [6.07, 6.45) is 0.378. The number of hydrogen-bond acceptors (Lipinski definition) is 5. The minimum atomic E-state index is -0.375. The lowest BCUT2D eigenvalue weighted by Crippen LogP contribution is -2.48. The van der Waals surface area contributed by atoms with Gasteiger partial charge in [0.15, 0.2) is 11.5 Å². The number of morpholine rings is 1. The molecule has 0 unspecified atom stereocenters. The van der Waals surface area contributed by atoms with Gasteiger partial charge in [0.1, 0.15) is 6.10 Å². The molecule has 0 radical (unpaired) electrons. The lowest BCUT2D eigenvalue weighted by Gasteiger charge is -2.22. The summed E-state index contributed by atoms with van der Waals surface area (Å²) < 4.78 is 16.0. The highest BCUT2D eigenvalue weighted by molar-refractivity contribution is 5.81. The van der Waals surface area contributed by atoms with Gasteiger partial charge in [-0.15, -0.1) is 0 Å². The molecule has 1 aromatic carbocycles. The Morgan fingerprint density at radius 1 is 1.35 bits per heavy atom. The van der Waals surface area contributed by atoms with Crippen LogP contribution in [0.15, 0.2) is 18.2 Å².